The smallest absolute Gasteiger partial charge is 0.481 e. The Hall–Kier alpha value is -1.57. The van der Waals surface area contributed by atoms with Crippen LogP contribution in [0.3, 0.4) is 0 Å². The van der Waals surface area contributed by atoms with Crippen LogP contribution >= 0.6 is 0 Å². The molecule has 0 aromatic heterocycles. The van der Waals surface area contributed by atoms with Crippen molar-refractivity contribution >= 4 is 6.98 Å². The molecule has 0 aliphatic heterocycles. The molecule has 1 rings (SSSR count). The first kappa shape index (κ1) is 11.5. The molecule has 0 atom stereocenters. The molecule has 0 amide bonds. The van der Waals surface area contributed by atoms with Gasteiger partial charge in [-0.15, -0.1) is 5.92 Å². The quantitative estimate of drug-likeness (QED) is 0.554. The third-order valence-corrected chi connectivity index (χ3v) is 1.51. The maximum absolute atomic E-state index is 11.7. The standard InChI is InChI=1S/C10H9BF3O/c12-11(13,14)8-4-5-9-15-10-6-2-1-3-7-10/h1-3,6-7H,8-9H2/q-1. The van der Waals surface area contributed by atoms with Gasteiger partial charge in [-0.05, 0) is 18.5 Å². The van der Waals surface area contributed by atoms with Crippen LogP contribution in [0.2, 0.25) is 6.32 Å². The maximum Gasteiger partial charge on any atom is 0.489 e. The summed E-state index contributed by atoms with van der Waals surface area (Å²) in [6.45, 7) is -4.82. The summed E-state index contributed by atoms with van der Waals surface area (Å²) in [5.74, 6) is 4.94. The van der Waals surface area contributed by atoms with Gasteiger partial charge in [0.1, 0.15) is 12.4 Å². The Bertz CT molecular complexity index is 350. The van der Waals surface area contributed by atoms with Gasteiger partial charge in [-0.25, -0.2) is 0 Å². The van der Waals surface area contributed by atoms with Gasteiger partial charge in [0, 0.05) is 0 Å². The Labute approximate surface area is 86.3 Å². The highest BCUT2D eigenvalue weighted by Gasteiger charge is 2.20. The lowest BCUT2D eigenvalue weighted by Gasteiger charge is -2.07. The normalized spacial score (nSPS) is 10.3. The molecule has 0 saturated carbocycles. The highest BCUT2D eigenvalue weighted by molar-refractivity contribution is 6.59. The van der Waals surface area contributed by atoms with Crippen LogP contribution in [0.4, 0.5) is 12.9 Å². The summed E-state index contributed by atoms with van der Waals surface area (Å²) in [5, 5.41) is 0. The second-order valence-electron chi connectivity index (χ2n) is 2.87. The van der Waals surface area contributed by atoms with Crippen LogP contribution in [-0.2, 0) is 0 Å². The molecule has 0 aliphatic carbocycles. The maximum atomic E-state index is 11.7. The number of rotatable bonds is 3. The van der Waals surface area contributed by atoms with Crippen molar-refractivity contribution in [2.45, 2.75) is 6.32 Å². The van der Waals surface area contributed by atoms with Crippen molar-refractivity contribution in [2.75, 3.05) is 6.61 Å². The summed E-state index contributed by atoms with van der Waals surface area (Å²) in [5.41, 5.74) is 0. The van der Waals surface area contributed by atoms with Gasteiger partial charge < -0.3 is 17.7 Å². The largest absolute Gasteiger partial charge is 0.489 e. The lowest BCUT2D eigenvalue weighted by molar-refractivity contribution is 0.370. The lowest BCUT2D eigenvalue weighted by Crippen LogP contribution is -2.12. The molecule has 15 heavy (non-hydrogen) atoms. The van der Waals surface area contributed by atoms with Gasteiger partial charge in [0.15, 0.2) is 0 Å². The summed E-state index contributed by atoms with van der Waals surface area (Å²) in [7, 11) is 0. The molecule has 80 valence electrons. The van der Waals surface area contributed by atoms with Crippen molar-refractivity contribution in [3.8, 4) is 17.6 Å². The first-order valence-electron chi connectivity index (χ1n) is 4.42. The average Bonchev–Trinajstić information content (AvgIpc) is 2.17. The van der Waals surface area contributed by atoms with E-state index in [1.807, 2.05) is 12.0 Å². The predicted octanol–water partition coefficient (Wildman–Crippen LogP) is 2.92. The van der Waals surface area contributed by atoms with Gasteiger partial charge >= 0.3 is 6.98 Å². The topological polar surface area (TPSA) is 9.23 Å². The number of ether oxygens (including phenoxy) is 1. The molecule has 1 nitrogen and oxygen atoms in total. The van der Waals surface area contributed by atoms with Crippen LogP contribution in [-0.4, -0.2) is 13.6 Å². The monoisotopic (exact) mass is 213 g/mol. The van der Waals surface area contributed by atoms with Crippen molar-refractivity contribution in [1.82, 2.24) is 0 Å². The molecule has 0 heterocycles. The first-order valence-corrected chi connectivity index (χ1v) is 4.42. The Balaban J connectivity index is 2.28. The Morgan fingerprint density at radius 2 is 1.73 bits per heavy atom. The number of benzene rings is 1. The van der Waals surface area contributed by atoms with Gasteiger partial charge in [-0.1, -0.05) is 24.1 Å². The van der Waals surface area contributed by atoms with E-state index in [1.54, 1.807) is 24.3 Å². The number of para-hydroxylation sites is 1. The van der Waals surface area contributed by atoms with Crippen molar-refractivity contribution in [1.29, 1.82) is 0 Å². The number of halogens is 3. The Morgan fingerprint density at radius 1 is 1.07 bits per heavy atom. The van der Waals surface area contributed by atoms with Crippen LogP contribution < -0.4 is 4.74 Å². The summed E-state index contributed by atoms with van der Waals surface area (Å²) in [6.07, 6.45) is -1.03. The molecule has 0 N–H and O–H groups in total. The van der Waals surface area contributed by atoms with Crippen LogP contribution in [0.15, 0.2) is 30.3 Å². The molecular formula is C10H9BF3O-. The molecule has 0 fully saturated rings. The molecular weight excluding hydrogens is 204 g/mol. The van der Waals surface area contributed by atoms with Crippen LogP contribution in [0.1, 0.15) is 0 Å². The van der Waals surface area contributed by atoms with Crippen LogP contribution in [0.5, 0.6) is 5.75 Å². The second kappa shape index (κ2) is 5.35. The highest BCUT2D eigenvalue weighted by Crippen LogP contribution is 2.12. The molecule has 0 spiro atoms. The zero-order chi connectivity index (χ0) is 11.1. The lowest BCUT2D eigenvalue weighted by atomic mass is 9.87. The van der Waals surface area contributed by atoms with Crippen LogP contribution in [0, 0.1) is 11.8 Å². The van der Waals surface area contributed by atoms with E-state index < -0.39 is 13.3 Å². The fourth-order valence-corrected chi connectivity index (χ4v) is 0.875. The summed E-state index contributed by atoms with van der Waals surface area (Å²) in [4.78, 5) is 0. The summed E-state index contributed by atoms with van der Waals surface area (Å²) in [6, 6.07) is 8.82. The zero-order valence-corrected chi connectivity index (χ0v) is 7.92. The SMILES string of the molecule is F[B-](F)(F)CC#CCOc1ccccc1. The van der Waals surface area contributed by atoms with Gasteiger partial charge in [0.25, 0.3) is 0 Å². The van der Waals surface area contributed by atoms with Gasteiger partial charge in [-0.3, -0.25) is 0 Å². The van der Waals surface area contributed by atoms with Crippen molar-refractivity contribution in [3.05, 3.63) is 30.3 Å². The number of hydrogen-bond acceptors (Lipinski definition) is 1. The number of hydrogen-bond donors (Lipinski definition) is 0. The molecule has 0 saturated heterocycles. The minimum absolute atomic E-state index is 0.0177. The highest BCUT2D eigenvalue weighted by atomic mass is 19.4. The molecule has 0 aliphatic rings. The third kappa shape index (κ3) is 5.68. The molecule has 0 unspecified atom stereocenters. The third-order valence-electron chi connectivity index (χ3n) is 1.51. The van der Waals surface area contributed by atoms with E-state index in [1.165, 1.54) is 0 Å². The van der Waals surface area contributed by atoms with Crippen molar-refractivity contribution in [3.63, 3.8) is 0 Å². The van der Waals surface area contributed by atoms with E-state index >= 15 is 0 Å². The second-order valence-corrected chi connectivity index (χ2v) is 2.87. The average molecular weight is 213 g/mol. The Kier molecular flexibility index (Phi) is 4.10. The molecule has 5 heteroatoms. The van der Waals surface area contributed by atoms with Crippen LogP contribution in [0.25, 0.3) is 0 Å². The van der Waals surface area contributed by atoms with E-state index in [2.05, 4.69) is 5.92 Å². The predicted molar refractivity (Wildman–Crippen MR) is 53.6 cm³/mol. The van der Waals surface area contributed by atoms with Crippen molar-refractivity contribution < 1.29 is 17.7 Å². The van der Waals surface area contributed by atoms with Crippen molar-refractivity contribution in [2.24, 2.45) is 0 Å². The zero-order valence-electron chi connectivity index (χ0n) is 7.92. The van der Waals surface area contributed by atoms with Gasteiger partial charge in [0.05, 0.1) is 0 Å². The molecule has 1 aromatic carbocycles. The van der Waals surface area contributed by atoms with Gasteiger partial charge in [-0.2, -0.15) is 0 Å². The van der Waals surface area contributed by atoms with E-state index in [9.17, 15) is 12.9 Å². The molecule has 0 bridgehead atoms. The van der Waals surface area contributed by atoms with Gasteiger partial charge in [0.2, 0.25) is 0 Å². The molecule has 0 radical (unpaired) electrons. The first-order chi connectivity index (χ1) is 7.08. The minimum Gasteiger partial charge on any atom is -0.481 e. The Morgan fingerprint density at radius 3 is 2.33 bits per heavy atom. The van der Waals surface area contributed by atoms with E-state index in [-0.39, 0.29) is 6.61 Å². The molecule has 1 aromatic rings. The minimum atomic E-state index is -4.80. The fraction of sp³-hybridized carbons (Fsp3) is 0.200. The summed E-state index contributed by atoms with van der Waals surface area (Å²) >= 11 is 0. The van der Waals surface area contributed by atoms with E-state index in [0.717, 1.165) is 0 Å². The van der Waals surface area contributed by atoms with E-state index in [0.29, 0.717) is 5.75 Å². The summed E-state index contributed by atoms with van der Waals surface area (Å²) < 4.78 is 40.3. The fourth-order valence-electron chi connectivity index (χ4n) is 0.875. The van der Waals surface area contributed by atoms with E-state index in [4.69, 9.17) is 4.74 Å².